The first-order valence-electron chi connectivity index (χ1n) is 9.00. The summed E-state index contributed by atoms with van der Waals surface area (Å²) in [5.74, 6) is -0.645. The van der Waals surface area contributed by atoms with Gasteiger partial charge in [0, 0.05) is 36.8 Å². The first kappa shape index (κ1) is 20.4. The van der Waals surface area contributed by atoms with E-state index in [1.165, 1.54) is 35.6 Å². The molecular formula is C18H22N4O4S2. The van der Waals surface area contributed by atoms with Crippen molar-refractivity contribution in [2.75, 3.05) is 25.0 Å². The lowest BCUT2D eigenvalue weighted by molar-refractivity contribution is -0.121. The van der Waals surface area contributed by atoms with Gasteiger partial charge in [0.15, 0.2) is 5.13 Å². The van der Waals surface area contributed by atoms with Crippen LogP contribution in [-0.2, 0) is 14.8 Å². The zero-order chi connectivity index (χ0) is 20.1. The van der Waals surface area contributed by atoms with Gasteiger partial charge in [0.1, 0.15) is 0 Å². The highest BCUT2D eigenvalue weighted by Crippen LogP contribution is 2.22. The van der Waals surface area contributed by atoms with Gasteiger partial charge in [-0.25, -0.2) is 18.1 Å². The average molecular weight is 423 g/mol. The molecule has 1 aliphatic heterocycles. The Morgan fingerprint density at radius 1 is 1.29 bits per heavy atom. The van der Waals surface area contributed by atoms with Gasteiger partial charge in [-0.2, -0.15) is 0 Å². The fraction of sp³-hybridized carbons (Fsp3) is 0.389. The van der Waals surface area contributed by atoms with E-state index in [2.05, 4.69) is 15.0 Å². The number of sulfonamides is 1. The van der Waals surface area contributed by atoms with Gasteiger partial charge in [0.25, 0.3) is 5.91 Å². The van der Waals surface area contributed by atoms with Crippen LogP contribution in [0, 0.1) is 5.92 Å². The highest BCUT2D eigenvalue weighted by molar-refractivity contribution is 7.89. The molecule has 1 aromatic carbocycles. The van der Waals surface area contributed by atoms with Crippen molar-refractivity contribution in [3.63, 3.8) is 0 Å². The molecule has 2 amide bonds. The third-order valence-corrected chi connectivity index (χ3v) is 6.74. The number of nitrogens with zero attached hydrogens (tertiary/aromatic N) is 2. The van der Waals surface area contributed by atoms with Crippen LogP contribution in [0.5, 0.6) is 0 Å². The third-order valence-electron chi connectivity index (χ3n) is 4.49. The molecule has 1 atom stereocenters. The zero-order valence-corrected chi connectivity index (χ0v) is 17.1. The smallest absolute Gasteiger partial charge is 0.253 e. The summed E-state index contributed by atoms with van der Waals surface area (Å²) in [6, 6.07) is 5.85. The van der Waals surface area contributed by atoms with Crippen LogP contribution in [0.25, 0.3) is 0 Å². The van der Waals surface area contributed by atoms with Crippen molar-refractivity contribution in [2.45, 2.75) is 24.7 Å². The number of thiazole rings is 1. The molecule has 2 aromatic rings. The minimum Gasteiger partial charge on any atom is -0.338 e. The Hall–Kier alpha value is -2.30. The van der Waals surface area contributed by atoms with E-state index in [0.29, 0.717) is 36.8 Å². The Labute approximate surface area is 168 Å². The van der Waals surface area contributed by atoms with Crippen molar-refractivity contribution in [3.05, 3.63) is 41.4 Å². The van der Waals surface area contributed by atoms with E-state index in [0.717, 1.165) is 6.42 Å². The maximum Gasteiger partial charge on any atom is 0.253 e. The standard InChI is InChI=1S/C18H22N4O4S2/c1-2-20-28(25,26)15-7-5-13(6-8-15)17(24)22-10-3-4-14(12-22)16(23)21-18-19-9-11-27-18/h5-9,11,14,20H,2-4,10,12H2,1H3,(H,19,21,23). The normalized spacial score (nSPS) is 17.3. The Morgan fingerprint density at radius 2 is 2.04 bits per heavy atom. The highest BCUT2D eigenvalue weighted by atomic mass is 32.2. The number of hydrogen-bond acceptors (Lipinski definition) is 6. The maximum atomic E-state index is 12.8. The second kappa shape index (κ2) is 8.80. The summed E-state index contributed by atoms with van der Waals surface area (Å²) in [6.07, 6.45) is 3.06. The van der Waals surface area contributed by atoms with Crippen LogP contribution in [0.3, 0.4) is 0 Å². The SMILES string of the molecule is CCNS(=O)(=O)c1ccc(C(=O)N2CCCC(C(=O)Nc3nccs3)C2)cc1. The van der Waals surface area contributed by atoms with E-state index in [-0.39, 0.29) is 22.6 Å². The fourth-order valence-electron chi connectivity index (χ4n) is 3.10. The molecule has 28 heavy (non-hydrogen) atoms. The maximum absolute atomic E-state index is 12.8. The Bertz CT molecular complexity index is 927. The number of hydrogen-bond donors (Lipinski definition) is 2. The number of carbonyl (C=O) groups excluding carboxylic acids is 2. The van der Waals surface area contributed by atoms with Crippen molar-refractivity contribution >= 4 is 38.3 Å². The minimum atomic E-state index is -3.56. The zero-order valence-electron chi connectivity index (χ0n) is 15.4. The third kappa shape index (κ3) is 4.75. The van der Waals surface area contributed by atoms with Gasteiger partial charge < -0.3 is 10.2 Å². The molecule has 0 saturated carbocycles. The molecule has 150 valence electrons. The molecule has 8 nitrogen and oxygen atoms in total. The van der Waals surface area contributed by atoms with Crippen LogP contribution in [0.1, 0.15) is 30.1 Å². The minimum absolute atomic E-state index is 0.116. The number of anilines is 1. The molecule has 0 spiro atoms. The van der Waals surface area contributed by atoms with E-state index >= 15 is 0 Å². The number of benzene rings is 1. The predicted molar refractivity (Wildman–Crippen MR) is 107 cm³/mol. The van der Waals surface area contributed by atoms with E-state index in [4.69, 9.17) is 0 Å². The summed E-state index contributed by atoms with van der Waals surface area (Å²) < 4.78 is 26.4. The molecular weight excluding hydrogens is 400 g/mol. The number of aromatic nitrogens is 1. The molecule has 0 aliphatic carbocycles. The number of likely N-dealkylation sites (tertiary alicyclic amines) is 1. The molecule has 2 N–H and O–H groups in total. The van der Waals surface area contributed by atoms with Crippen LogP contribution in [0.4, 0.5) is 5.13 Å². The lowest BCUT2D eigenvalue weighted by Crippen LogP contribution is -2.43. The van der Waals surface area contributed by atoms with Crippen molar-refractivity contribution in [2.24, 2.45) is 5.92 Å². The van der Waals surface area contributed by atoms with Crippen molar-refractivity contribution < 1.29 is 18.0 Å². The van der Waals surface area contributed by atoms with Crippen LogP contribution in [0.15, 0.2) is 40.7 Å². The Kier molecular flexibility index (Phi) is 6.42. The van der Waals surface area contributed by atoms with Gasteiger partial charge in [0.05, 0.1) is 10.8 Å². The summed E-state index contributed by atoms with van der Waals surface area (Å²) in [5, 5.41) is 5.11. The summed E-state index contributed by atoms with van der Waals surface area (Å²) in [5.41, 5.74) is 0.399. The van der Waals surface area contributed by atoms with E-state index in [9.17, 15) is 18.0 Å². The molecule has 1 fully saturated rings. The van der Waals surface area contributed by atoms with Gasteiger partial charge in [0.2, 0.25) is 15.9 Å². The molecule has 1 aromatic heterocycles. The number of nitrogens with one attached hydrogen (secondary N) is 2. The monoisotopic (exact) mass is 422 g/mol. The Balaban J connectivity index is 1.66. The van der Waals surface area contributed by atoms with Crippen LogP contribution >= 0.6 is 11.3 Å². The first-order chi connectivity index (χ1) is 13.4. The molecule has 1 unspecified atom stereocenters. The van der Waals surface area contributed by atoms with Gasteiger partial charge in [-0.1, -0.05) is 6.92 Å². The van der Waals surface area contributed by atoms with Gasteiger partial charge in [-0.3, -0.25) is 9.59 Å². The summed E-state index contributed by atoms with van der Waals surface area (Å²) in [6.45, 7) is 2.89. The highest BCUT2D eigenvalue weighted by Gasteiger charge is 2.29. The second-order valence-electron chi connectivity index (χ2n) is 6.44. The van der Waals surface area contributed by atoms with Gasteiger partial charge >= 0.3 is 0 Å². The quantitative estimate of drug-likeness (QED) is 0.739. The number of rotatable bonds is 6. The summed E-state index contributed by atoms with van der Waals surface area (Å²) >= 11 is 1.35. The van der Waals surface area contributed by atoms with Crippen molar-refractivity contribution in [3.8, 4) is 0 Å². The number of piperidine rings is 1. The van der Waals surface area contributed by atoms with E-state index in [1.54, 1.807) is 23.4 Å². The van der Waals surface area contributed by atoms with Crippen molar-refractivity contribution in [1.29, 1.82) is 0 Å². The lowest BCUT2D eigenvalue weighted by Gasteiger charge is -2.32. The molecule has 1 saturated heterocycles. The molecule has 3 rings (SSSR count). The number of amides is 2. The van der Waals surface area contributed by atoms with Crippen LogP contribution < -0.4 is 10.0 Å². The van der Waals surface area contributed by atoms with E-state index < -0.39 is 10.0 Å². The molecule has 2 heterocycles. The molecule has 0 bridgehead atoms. The number of carbonyl (C=O) groups is 2. The predicted octanol–water partition coefficient (Wildman–Crippen LogP) is 1.93. The first-order valence-corrected chi connectivity index (χ1v) is 11.4. The van der Waals surface area contributed by atoms with Crippen LogP contribution in [-0.4, -0.2) is 49.8 Å². The van der Waals surface area contributed by atoms with Crippen LogP contribution in [0.2, 0.25) is 0 Å². The van der Waals surface area contributed by atoms with Crippen molar-refractivity contribution in [1.82, 2.24) is 14.6 Å². The fourth-order valence-corrected chi connectivity index (χ4v) is 4.67. The summed E-state index contributed by atoms with van der Waals surface area (Å²) in [4.78, 5) is 31.0. The second-order valence-corrected chi connectivity index (χ2v) is 9.10. The molecule has 10 heteroatoms. The topological polar surface area (TPSA) is 108 Å². The van der Waals surface area contributed by atoms with Gasteiger partial charge in [-0.15, -0.1) is 11.3 Å². The summed E-state index contributed by atoms with van der Waals surface area (Å²) in [7, 11) is -3.56. The Morgan fingerprint density at radius 3 is 2.68 bits per heavy atom. The molecule has 1 aliphatic rings. The van der Waals surface area contributed by atoms with Gasteiger partial charge in [-0.05, 0) is 37.1 Å². The lowest BCUT2D eigenvalue weighted by atomic mass is 9.96. The molecule has 0 radical (unpaired) electrons. The average Bonchev–Trinajstić information content (AvgIpc) is 3.20. The van der Waals surface area contributed by atoms with E-state index in [1.807, 2.05) is 0 Å². The largest absolute Gasteiger partial charge is 0.338 e.